The maximum absolute atomic E-state index is 13.2. The van der Waals surface area contributed by atoms with Gasteiger partial charge in [-0.25, -0.2) is 0 Å². The summed E-state index contributed by atoms with van der Waals surface area (Å²) >= 11 is 1.64. The minimum absolute atomic E-state index is 0.105. The Balaban J connectivity index is 1.51. The zero-order valence-electron chi connectivity index (χ0n) is 18.7. The van der Waals surface area contributed by atoms with Crippen molar-refractivity contribution < 1.29 is 13.2 Å². The Labute approximate surface area is 199 Å². The lowest BCUT2D eigenvalue weighted by Gasteiger charge is -2.11. The molecule has 1 saturated carbocycles. The molecule has 0 spiro atoms. The van der Waals surface area contributed by atoms with Gasteiger partial charge >= 0.3 is 6.18 Å². The minimum Gasteiger partial charge on any atom is -0.307 e. The Morgan fingerprint density at radius 3 is 2.38 bits per heavy atom. The monoisotopic (exact) mass is 481 g/mol. The lowest BCUT2D eigenvalue weighted by molar-refractivity contribution is -0.137. The van der Waals surface area contributed by atoms with Gasteiger partial charge in [-0.1, -0.05) is 31.2 Å². The summed E-state index contributed by atoms with van der Waals surface area (Å²) in [6.45, 7) is 2.06. The standard InChI is InChI=1S/C25H22F3N5S/c1-3-34-21-12-18(17-8-6-16(7-9-17)15-4-5-15)14-30-22(21)24-32-31-23(33(24)2)20-13-19(10-11-29-20)25(26,27)28/h6-15H,3-5H2,1-2H3. The first-order chi connectivity index (χ1) is 16.3. The average molecular weight is 482 g/mol. The molecule has 4 aromatic rings. The van der Waals surface area contributed by atoms with Gasteiger partial charge in [-0.3, -0.25) is 9.97 Å². The van der Waals surface area contributed by atoms with Crippen LogP contribution in [-0.4, -0.2) is 30.5 Å². The molecular formula is C25H22F3N5S. The highest BCUT2D eigenvalue weighted by Gasteiger charge is 2.31. The van der Waals surface area contributed by atoms with Gasteiger partial charge in [0.05, 0.1) is 5.56 Å². The lowest BCUT2D eigenvalue weighted by Crippen LogP contribution is -2.06. The van der Waals surface area contributed by atoms with Gasteiger partial charge in [0.25, 0.3) is 0 Å². The van der Waals surface area contributed by atoms with Crippen molar-refractivity contribution in [1.29, 1.82) is 0 Å². The van der Waals surface area contributed by atoms with Crippen molar-refractivity contribution in [2.45, 2.75) is 36.8 Å². The lowest BCUT2D eigenvalue weighted by atomic mass is 10.0. The molecule has 0 unspecified atom stereocenters. The van der Waals surface area contributed by atoms with E-state index in [2.05, 4.69) is 52.4 Å². The van der Waals surface area contributed by atoms with Crippen molar-refractivity contribution in [3.63, 3.8) is 0 Å². The van der Waals surface area contributed by atoms with Crippen LogP contribution in [0.2, 0.25) is 0 Å². The summed E-state index contributed by atoms with van der Waals surface area (Å²) in [5.74, 6) is 2.26. The van der Waals surface area contributed by atoms with E-state index in [4.69, 9.17) is 4.98 Å². The quantitative estimate of drug-likeness (QED) is 0.290. The fourth-order valence-corrected chi connectivity index (χ4v) is 4.69. The third kappa shape index (κ3) is 4.44. The molecule has 1 fully saturated rings. The normalized spacial score (nSPS) is 13.9. The van der Waals surface area contributed by atoms with Crippen LogP contribution in [0.15, 0.2) is 59.8 Å². The largest absolute Gasteiger partial charge is 0.416 e. The number of alkyl halides is 3. The Hall–Kier alpha value is -3.20. The molecule has 0 saturated heterocycles. The smallest absolute Gasteiger partial charge is 0.307 e. The van der Waals surface area contributed by atoms with Gasteiger partial charge in [-0.05, 0) is 53.8 Å². The number of halogens is 3. The molecule has 0 N–H and O–H groups in total. The van der Waals surface area contributed by atoms with Crippen molar-refractivity contribution in [2.75, 3.05) is 5.75 Å². The molecule has 1 aliphatic carbocycles. The Morgan fingerprint density at radius 2 is 1.71 bits per heavy atom. The molecule has 3 heterocycles. The van der Waals surface area contributed by atoms with E-state index in [1.807, 2.05) is 0 Å². The zero-order chi connectivity index (χ0) is 23.9. The van der Waals surface area contributed by atoms with E-state index in [1.54, 1.807) is 29.6 Å². The predicted octanol–water partition coefficient (Wildman–Crippen LogP) is 6.61. The summed E-state index contributed by atoms with van der Waals surface area (Å²) < 4.78 is 41.1. The predicted molar refractivity (Wildman–Crippen MR) is 126 cm³/mol. The first kappa shape index (κ1) is 22.6. The highest BCUT2D eigenvalue weighted by Crippen LogP contribution is 2.41. The van der Waals surface area contributed by atoms with E-state index >= 15 is 0 Å². The van der Waals surface area contributed by atoms with Crippen LogP contribution >= 0.6 is 11.8 Å². The maximum Gasteiger partial charge on any atom is 0.416 e. The van der Waals surface area contributed by atoms with Crippen LogP contribution in [0, 0.1) is 0 Å². The fourth-order valence-electron chi connectivity index (χ4n) is 3.89. The van der Waals surface area contributed by atoms with Crippen LogP contribution in [-0.2, 0) is 13.2 Å². The van der Waals surface area contributed by atoms with Crippen molar-refractivity contribution in [2.24, 2.45) is 7.05 Å². The Bertz CT molecular complexity index is 1330. The van der Waals surface area contributed by atoms with Crippen molar-refractivity contribution >= 4 is 11.8 Å². The second kappa shape index (κ2) is 8.87. The highest BCUT2D eigenvalue weighted by molar-refractivity contribution is 7.99. The van der Waals surface area contributed by atoms with Crippen molar-refractivity contribution in [1.82, 2.24) is 24.7 Å². The van der Waals surface area contributed by atoms with Gasteiger partial charge in [0.2, 0.25) is 0 Å². The number of nitrogens with zero attached hydrogens (tertiary/aromatic N) is 5. The van der Waals surface area contributed by atoms with Crippen molar-refractivity contribution in [3.05, 3.63) is 66.0 Å². The Kier molecular flexibility index (Phi) is 5.89. The molecule has 0 aliphatic heterocycles. The summed E-state index contributed by atoms with van der Waals surface area (Å²) in [6, 6.07) is 12.6. The number of hydrogen-bond acceptors (Lipinski definition) is 5. The van der Waals surface area contributed by atoms with E-state index in [-0.39, 0.29) is 11.5 Å². The summed E-state index contributed by atoms with van der Waals surface area (Å²) in [6.07, 6.45) is 1.01. The summed E-state index contributed by atoms with van der Waals surface area (Å²) in [7, 11) is 1.71. The van der Waals surface area contributed by atoms with Gasteiger partial charge in [0.1, 0.15) is 11.4 Å². The summed E-state index contributed by atoms with van der Waals surface area (Å²) in [4.78, 5) is 9.71. The molecule has 174 valence electrons. The summed E-state index contributed by atoms with van der Waals surface area (Å²) in [5.41, 5.74) is 3.44. The van der Waals surface area contributed by atoms with E-state index in [0.717, 1.165) is 40.1 Å². The van der Waals surface area contributed by atoms with E-state index in [9.17, 15) is 13.2 Å². The molecular weight excluding hydrogens is 459 g/mol. The number of rotatable bonds is 6. The van der Waals surface area contributed by atoms with Crippen LogP contribution in [0.3, 0.4) is 0 Å². The average Bonchev–Trinajstić information content (AvgIpc) is 3.61. The molecule has 0 bridgehead atoms. The molecule has 0 atom stereocenters. The molecule has 3 aromatic heterocycles. The van der Waals surface area contributed by atoms with E-state index < -0.39 is 11.7 Å². The third-order valence-corrected chi connectivity index (χ3v) is 6.76. The van der Waals surface area contributed by atoms with Gasteiger partial charge in [0, 0.05) is 29.9 Å². The molecule has 34 heavy (non-hydrogen) atoms. The molecule has 5 rings (SSSR count). The van der Waals surface area contributed by atoms with Gasteiger partial charge in [-0.2, -0.15) is 13.2 Å². The number of thioether (sulfide) groups is 1. The second-order valence-corrected chi connectivity index (χ2v) is 9.54. The third-order valence-electron chi connectivity index (χ3n) is 5.85. The SMILES string of the molecule is CCSc1cc(-c2ccc(C3CC3)cc2)cnc1-c1nnc(-c2cc(C(F)(F)F)ccn2)n1C. The number of aromatic nitrogens is 5. The van der Waals surface area contributed by atoms with Gasteiger partial charge < -0.3 is 4.57 Å². The Morgan fingerprint density at radius 1 is 0.971 bits per heavy atom. The summed E-state index contributed by atoms with van der Waals surface area (Å²) in [5, 5.41) is 8.39. The maximum atomic E-state index is 13.2. The van der Waals surface area contributed by atoms with Crippen LogP contribution in [0.4, 0.5) is 13.2 Å². The number of benzene rings is 1. The van der Waals surface area contributed by atoms with Crippen LogP contribution in [0.1, 0.15) is 36.8 Å². The zero-order valence-corrected chi connectivity index (χ0v) is 19.5. The molecule has 5 nitrogen and oxygen atoms in total. The highest BCUT2D eigenvalue weighted by atomic mass is 32.2. The second-order valence-electron chi connectivity index (χ2n) is 8.23. The van der Waals surface area contributed by atoms with Crippen LogP contribution < -0.4 is 0 Å². The van der Waals surface area contributed by atoms with Crippen LogP contribution in [0.25, 0.3) is 34.2 Å². The molecule has 9 heteroatoms. The fraction of sp³-hybridized carbons (Fsp3) is 0.280. The van der Waals surface area contributed by atoms with Crippen molar-refractivity contribution in [3.8, 4) is 34.2 Å². The first-order valence-electron chi connectivity index (χ1n) is 11.0. The van der Waals surface area contributed by atoms with Gasteiger partial charge in [-0.15, -0.1) is 22.0 Å². The first-order valence-corrected chi connectivity index (χ1v) is 12.0. The molecule has 1 aliphatic rings. The van der Waals surface area contributed by atoms with E-state index in [0.29, 0.717) is 17.4 Å². The molecule has 0 radical (unpaired) electrons. The molecule has 1 aromatic carbocycles. The van der Waals surface area contributed by atoms with Crippen LogP contribution in [0.5, 0.6) is 0 Å². The number of hydrogen-bond donors (Lipinski definition) is 0. The van der Waals surface area contributed by atoms with E-state index in [1.165, 1.54) is 18.4 Å². The minimum atomic E-state index is -4.46. The topological polar surface area (TPSA) is 56.5 Å². The van der Waals surface area contributed by atoms with Gasteiger partial charge in [0.15, 0.2) is 11.6 Å². The molecule has 0 amide bonds. The number of pyridine rings is 2.